The van der Waals surface area contributed by atoms with Crippen molar-refractivity contribution in [2.45, 2.75) is 32.6 Å². The maximum atomic E-state index is 11.4. The van der Waals surface area contributed by atoms with Gasteiger partial charge in [-0.25, -0.2) is 0 Å². The number of rotatable bonds is 5. The molecule has 1 aliphatic carbocycles. The average Bonchev–Trinajstić information content (AvgIpc) is 2.54. The van der Waals surface area contributed by atoms with Gasteiger partial charge in [0.25, 0.3) is 0 Å². The van der Waals surface area contributed by atoms with Crippen molar-refractivity contribution in [3.05, 3.63) is 24.8 Å². The minimum absolute atomic E-state index is 0.00595. The molecular formula is C12H18O2. The second kappa shape index (κ2) is 4.99. The van der Waals surface area contributed by atoms with Gasteiger partial charge in [-0.15, -0.1) is 6.58 Å². The Bertz CT molecular complexity index is 243. The first-order valence-corrected chi connectivity index (χ1v) is 5.16. The summed E-state index contributed by atoms with van der Waals surface area (Å²) < 4.78 is 4.97. The minimum Gasteiger partial charge on any atom is -0.466 e. The van der Waals surface area contributed by atoms with Crippen molar-refractivity contribution in [1.82, 2.24) is 0 Å². The number of hydrogen-bond acceptors (Lipinski definition) is 2. The molecule has 1 aliphatic rings. The standard InChI is InChI=1S/C12H18O2/c1-3-7-12(8-5-6-9-12)10-11(13)14-4-2/h3,5,8H,1,4,6-7,9-10H2,2H3. The van der Waals surface area contributed by atoms with Crippen molar-refractivity contribution in [3.63, 3.8) is 0 Å². The highest BCUT2D eigenvalue weighted by Gasteiger charge is 2.31. The summed E-state index contributed by atoms with van der Waals surface area (Å²) in [5, 5.41) is 0. The smallest absolute Gasteiger partial charge is 0.306 e. The van der Waals surface area contributed by atoms with Crippen molar-refractivity contribution in [3.8, 4) is 0 Å². The third kappa shape index (κ3) is 2.72. The lowest BCUT2D eigenvalue weighted by atomic mass is 9.81. The van der Waals surface area contributed by atoms with Gasteiger partial charge < -0.3 is 4.74 Å². The third-order valence-corrected chi connectivity index (χ3v) is 2.63. The van der Waals surface area contributed by atoms with Gasteiger partial charge in [0.1, 0.15) is 0 Å². The molecule has 2 heteroatoms. The highest BCUT2D eigenvalue weighted by molar-refractivity contribution is 5.70. The Morgan fingerprint density at radius 1 is 1.71 bits per heavy atom. The molecule has 1 atom stereocenters. The van der Waals surface area contributed by atoms with Gasteiger partial charge in [-0.1, -0.05) is 18.2 Å². The van der Waals surface area contributed by atoms with Gasteiger partial charge in [0, 0.05) is 5.41 Å². The van der Waals surface area contributed by atoms with Crippen LogP contribution in [0.3, 0.4) is 0 Å². The summed E-state index contributed by atoms with van der Waals surface area (Å²) in [7, 11) is 0. The minimum atomic E-state index is -0.0964. The summed E-state index contributed by atoms with van der Waals surface area (Å²) >= 11 is 0. The molecule has 0 spiro atoms. The molecule has 0 aliphatic heterocycles. The SMILES string of the molecule is C=CCC1(CC(=O)OCC)C=CCC1. The zero-order valence-electron chi connectivity index (χ0n) is 8.79. The van der Waals surface area contributed by atoms with Crippen LogP contribution >= 0.6 is 0 Å². The van der Waals surface area contributed by atoms with Gasteiger partial charge in [-0.2, -0.15) is 0 Å². The number of ether oxygens (including phenoxy) is 1. The van der Waals surface area contributed by atoms with E-state index in [4.69, 9.17) is 4.74 Å². The molecule has 0 saturated heterocycles. The quantitative estimate of drug-likeness (QED) is 0.497. The molecule has 0 amide bonds. The molecular weight excluding hydrogens is 176 g/mol. The van der Waals surface area contributed by atoms with E-state index in [1.54, 1.807) is 0 Å². The average molecular weight is 194 g/mol. The van der Waals surface area contributed by atoms with Crippen molar-refractivity contribution >= 4 is 5.97 Å². The van der Waals surface area contributed by atoms with Crippen molar-refractivity contribution < 1.29 is 9.53 Å². The fourth-order valence-electron chi connectivity index (χ4n) is 1.96. The normalized spacial score (nSPS) is 24.9. The molecule has 0 bridgehead atoms. The van der Waals surface area contributed by atoms with Crippen LogP contribution in [-0.4, -0.2) is 12.6 Å². The number of carbonyl (C=O) groups is 1. The van der Waals surface area contributed by atoms with E-state index in [1.807, 2.05) is 13.0 Å². The second-order valence-electron chi connectivity index (χ2n) is 3.78. The lowest BCUT2D eigenvalue weighted by Gasteiger charge is -2.24. The Hall–Kier alpha value is -1.05. The predicted octanol–water partition coefficient (Wildman–Crippen LogP) is 2.85. The molecule has 0 aromatic rings. The van der Waals surface area contributed by atoms with Crippen LogP contribution in [0, 0.1) is 5.41 Å². The van der Waals surface area contributed by atoms with Gasteiger partial charge in [-0.05, 0) is 26.2 Å². The molecule has 0 saturated carbocycles. The molecule has 1 unspecified atom stereocenters. The number of hydrogen-bond donors (Lipinski definition) is 0. The predicted molar refractivity (Wildman–Crippen MR) is 56.9 cm³/mol. The van der Waals surface area contributed by atoms with E-state index in [-0.39, 0.29) is 11.4 Å². The summed E-state index contributed by atoms with van der Waals surface area (Å²) in [6.45, 7) is 6.04. The lowest BCUT2D eigenvalue weighted by Crippen LogP contribution is -2.21. The van der Waals surface area contributed by atoms with E-state index in [9.17, 15) is 4.79 Å². The summed E-state index contributed by atoms with van der Waals surface area (Å²) in [5.74, 6) is -0.0964. The van der Waals surface area contributed by atoms with Crippen LogP contribution in [0.4, 0.5) is 0 Å². The number of carbonyl (C=O) groups excluding carboxylic acids is 1. The summed E-state index contributed by atoms with van der Waals surface area (Å²) in [6.07, 6.45) is 9.62. The molecule has 0 aromatic heterocycles. The first kappa shape index (κ1) is 11.0. The van der Waals surface area contributed by atoms with Crippen LogP contribution in [0.15, 0.2) is 24.8 Å². The molecule has 0 N–H and O–H groups in total. The molecule has 1 rings (SSSR count). The lowest BCUT2D eigenvalue weighted by molar-refractivity contribution is -0.145. The van der Waals surface area contributed by atoms with Gasteiger partial charge in [0.15, 0.2) is 0 Å². The first-order chi connectivity index (χ1) is 6.72. The molecule has 14 heavy (non-hydrogen) atoms. The highest BCUT2D eigenvalue weighted by atomic mass is 16.5. The number of allylic oxidation sites excluding steroid dienone is 3. The second-order valence-corrected chi connectivity index (χ2v) is 3.78. The highest BCUT2D eigenvalue weighted by Crippen LogP contribution is 2.39. The van der Waals surface area contributed by atoms with Gasteiger partial charge in [0.05, 0.1) is 13.0 Å². The van der Waals surface area contributed by atoms with Gasteiger partial charge in [0.2, 0.25) is 0 Å². The van der Waals surface area contributed by atoms with E-state index in [0.29, 0.717) is 13.0 Å². The van der Waals surface area contributed by atoms with Crippen molar-refractivity contribution in [2.24, 2.45) is 5.41 Å². The largest absolute Gasteiger partial charge is 0.466 e. The maximum absolute atomic E-state index is 11.4. The van der Waals surface area contributed by atoms with Gasteiger partial charge >= 0.3 is 5.97 Å². The van der Waals surface area contributed by atoms with Crippen LogP contribution in [0.25, 0.3) is 0 Å². The van der Waals surface area contributed by atoms with Crippen molar-refractivity contribution in [2.75, 3.05) is 6.61 Å². The Morgan fingerprint density at radius 2 is 2.50 bits per heavy atom. The van der Waals surface area contributed by atoms with E-state index in [2.05, 4.69) is 18.7 Å². The molecule has 2 nitrogen and oxygen atoms in total. The van der Waals surface area contributed by atoms with Crippen LogP contribution in [0.1, 0.15) is 32.6 Å². The zero-order chi connectivity index (χ0) is 10.4. The molecule has 0 aromatic carbocycles. The Kier molecular flexibility index (Phi) is 3.93. The fourth-order valence-corrected chi connectivity index (χ4v) is 1.96. The Morgan fingerprint density at radius 3 is 3.00 bits per heavy atom. The van der Waals surface area contributed by atoms with E-state index < -0.39 is 0 Å². The molecule has 0 radical (unpaired) electrons. The monoisotopic (exact) mass is 194 g/mol. The fraction of sp³-hybridized carbons (Fsp3) is 0.583. The molecule has 0 fully saturated rings. The van der Waals surface area contributed by atoms with E-state index >= 15 is 0 Å². The first-order valence-electron chi connectivity index (χ1n) is 5.16. The van der Waals surface area contributed by atoms with E-state index in [1.165, 1.54) is 0 Å². The maximum Gasteiger partial charge on any atom is 0.306 e. The van der Waals surface area contributed by atoms with Crippen LogP contribution in [-0.2, 0) is 9.53 Å². The topological polar surface area (TPSA) is 26.3 Å². The summed E-state index contributed by atoms with van der Waals surface area (Å²) in [4.78, 5) is 11.4. The van der Waals surface area contributed by atoms with Crippen LogP contribution < -0.4 is 0 Å². The summed E-state index contributed by atoms with van der Waals surface area (Å²) in [5.41, 5.74) is -0.00595. The van der Waals surface area contributed by atoms with Crippen molar-refractivity contribution in [1.29, 1.82) is 0 Å². The van der Waals surface area contributed by atoms with Gasteiger partial charge in [-0.3, -0.25) is 4.79 Å². The molecule has 78 valence electrons. The summed E-state index contributed by atoms with van der Waals surface area (Å²) in [6, 6.07) is 0. The van der Waals surface area contributed by atoms with Crippen LogP contribution in [0.5, 0.6) is 0 Å². The van der Waals surface area contributed by atoms with E-state index in [0.717, 1.165) is 19.3 Å². The molecule has 0 heterocycles. The third-order valence-electron chi connectivity index (χ3n) is 2.63. The van der Waals surface area contributed by atoms with Crippen LogP contribution in [0.2, 0.25) is 0 Å². The number of esters is 1. The Labute approximate surface area is 85.6 Å². The Balaban J connectivity index is 2.55. The zero-order valence-corrected chi connectivity index (χ0v) is 8.79.